The highest BCUT2D eigenvalue weighted by Gasteiger charge is 2.60. The lowest BCUT2D eigenvalue weighted by molar-refractivity contribution is -0.169. The molecule has 0 unspecified atom stereocenters. The molecule has 4 aliphatic carbocycles. The van der Waals surface area contributed by atoms with Crippen molar-refractivity contribution in [2.24, 2.45) is 40.4 Å². The smallest absolute Gasteiger partial charge is 0.293 e. The number of aromatic amines is 1. The summed E-state index contributed by atoms with van der Waals surface area (Å²) < 4.78 is 5.66. The molecule has 0 spiro atoms. The number of ether oxygens (including phenoxy) is 1. The summed E-state index contributed by atoms with van der Waals surface area (Å²) >= 11 is 0. The Labute approximate surface area is 186 Å². The molecule has 0 aromatic carbocycles. The Morgan fingerprint density at radius 2 is 1.90 bits per heavy atom. The zero-order valence-corrected chi connectivity index (χ0v) is 19.5. The van der Waals surface area contributed by atoms with Crippen molar-refractivity contribution in [3.8, 4) is 6.01 Å². The number of rotatable bonds is 4. The van der Waals surface area contributed by atoms with E-state index in [0.29, 0.717) is 23.3 Å². The van der Waals surface area contributed by atoms with E-state index in [-0.39, 0.29) is 23.7 Å². The highest BCUT2D eigenvalue weighted by Crippen LogP contribution is 2.67. The standard InChI is InChI=1S/C26H40N2O3/c1-24(30)11-12-25(2)17(15-24)7-8-18-19-5-4-6-21(26(19,3)10-9-20(18)25)22(29)16-31-23-27-13-14-28-23/h13-14,17-21,30H,4-12,15-16H2,1-3H3,(H,27,28)/t17-,18-,19-,20-,21+,24+,25-,26-/m0/s1. The van der Waals surface area contributed by atoms with Crippen molar-refractivity contribution in [3.63, 3.8) is 0 Å². The Kier molecular flexibility index (Phi) is 5.27. The third kappa shape index (κ3) is 3.55. The first-order chi connectivity index (χ1) is 14.7. The maximum atomic E-state index is 13.3. The molecule has 5 heteroatoms. The van der Waals surface area contributed by atoms with Gasteiger partial charge in [-0.05, 0) is 99.2 Å². The van der Waals surface area contributed by atoms with E-state index in [1.54, 1.807) is 12.4 Å². The van der Waals surface area contributed by atoms with Crippen LogP contribution in [0.3, 0.4) is 0 Å². The van der Waals surface area contributed by atoms with Crippen molar-refractivity contribution < 1.29 is 14.6 Å². The van der Waals surface area contributed by atoms with Crippen LogP contribution in [0, 0.1) is 40.4 Å². The number of aliphatic hydroxyl groups is 1. The third-order valence-electron chi connectivity index (χ3n) is 10.4. The first-order valence-electron chi connectivity index (χ1n) is 12.6. The zero-order chi connectivity index (χ0) is 21.9. The van der Waals surface area contributed by atoms with Gasteiger partial charge in [0.25, 0.3) is 6.01 Å². The molecule has 1 aromatic rings. The summed E-state index contributed by atoms with van der Waals surface area (Å²) in [4.78, 5) is 20.3. The molecule has 8 atom stereocenters. The Hall–Kier alpha value is -1.36. The molecule has 4 aliphatic rings. The molecular weight excluding hydrogens is 388 g/mol. The van der Waals surface area contributed by atoms with Gasteiger partial charge in [0.2, 0.25) is 0 Å². The molecule has 0 radical (unpaired) electrons. The molecule has 4 saturated carbocycles. The summed E-state index contributed by atoms with van der Waals surface area (Å²) in [7, 11) is 0. The Bertz CT molecular complexity index is 806. The second-order valence-corrected chi connectivity index (χ2v) is 12.0. The van der Waals surface area contributed by atoms with E-state index in [1.165, 1.54) is 25.7 Å². The summed E-state index contributed by atoms with van der Waals surface area (Å²) in [6, 6.07) is 0.439. The molecule has 0 bridgehead atoms. The maximum Gasteiger partial charge on any atom is 0.293 e. The van der Waals surface area contributed by atoms with Crippen molar-refractivity contribution in [2.45, 2.75) is 90.6 Å². The van der Waals surface area contributed by atoms with Gasteiger partial charge in [-0.1, -0.05) is 20.3 Å². The minimum Gasteiger partial charge on any atom is -0.457 e. The maximum absolute atomic E-state index is 13.3. The molecule has 2 N–H and O–H groups in total. The highest BCUT2D eigenvalue weighted by molar-refractivity contribution is 5.83. The SMILES string of the molecule is C[C@@]1(O)CC[C@@]2(C)[C@@H](CC[C@@H]3[C@@H]2CC[C@]2(C)[C@@H](C(=O)COc4ncc[nH]4)CCC[C@@H]32)C1. The first-order valence-corrected chi connectivity index (χ1v) is 12.6. The number of Topliss-reactive ketones (excluding diaryl/α,β-unsaturated/α-hetero) is 1. The number of imidazole rings is 1. The highest BCUT2D eigenvalue weighted by atomic mass is 16.5. The fourth-order valence-corrected chi connectivity index (χ4v) is 8.73. The minimum atomic E-state index is -0.476. The number of hydrogen-bond acceptors (Lipinski definition) is 4. The van der Waals surface area contributed by atoms with Crippen molar-refractivity contribution >= 4 is 5.78 Å². The van der Waals surface area contributed by atoms with Crippen LogP contribution in [0.2, 0.25) is 0 Å². The number of carbonyl (C=O) groups is 1. The number of hydrogen-bond donors (Lipinski definition) is 2. The van der Waals surface area contributed by atoms with E-state index in [0.717, 1.165) is 50.4 Å². The van der Waals surface area contributed by atoms with Gasteiger partial charge in [-0.15, -0.1) is 0 Å². The Morgan fingerprint density at radius 1 is 1.10 bits per heavy atom. The first kappa shape index (κ1) is 21.5. The summed E-state index contributed by atoms with van der Waals surface area (Å²) in [6.45, 7) is 7.12. The normalized spacial score (nSPS) is 47.0. The third-order valence-corrected chi connectivity index (χ3v) is 10.4. The zero-order valence-electron chi connectivity index (χ0n) is 19.5. The summed E-state index contributed by atoms with van der Waals surface area (Å²) in [5, 5.41) is 10.7. The van der Waals surface area contributed by atoms with Gasteiger partial charge in [-0.25, -0.2) is 4.98 Å². The van der Waals surface area contributed by atoms with Gasteiger partial charge in [0, 0.05) is 18.3 Å². The van der Waals surface area contributed by atoms with E-state index in [4.69, 9.17) is 4.74 Å². The number of nitrogens with one attached hydrogen (secondary N) is 1. The summed E-state index contributed by atoms with van der Waals surface area (Å²) in [5.74, 6) is 3.18. The van der Waals surface area contributed by atoms with E-state index in [9.17, 15) is 9.90 Å². The van der Waals surface area contributed by atoms with E-state index in [1.807, 2.05) is 6.92 Å². The largest absolute Gasteiger partial charge is 0.457 e. The van der Waals surface area contributed by atoms with Crippen LogP contribution in [-0.2, 0) is 4.79 Å². The fourth-order valence-electron chi connectivity index (χ4n) is 8.73. The number of nitrogens with zero attached hydrogens (tertiary/aromatic N) is 1. The quantitative estimate of drug-likeness (QED) is 0.695. The number of carbonyl (C=O) groups excluding carboxylic acids is 1. The van der Waals surface area contributed by atoms with Crippen LogP contribution in [0.25, 0.3) is 0 Å². The number of H-pyrrole nitrogens is 1. The predicted octanol–water partition coefficient (Wildman–Crippen LogP) is 5.16. The predicted molar refractivity (Wildman–Crippen MR) is 120 cm³/mol. The monoisotopic (exact) mass is 428 g/mol. The molecule has 31 heavy (non-hydrogen) atoms. The van der Waals surface area contributed by atoms with Gasteiger partial charge in [0.05, 0.1) is 5.60 Å². The summed E-state index contributed by atoms with van der Waals surface area (Å²) in [5.41, 5.74) is -0.00520. The lowest BCUT2D eigenvalue weighted by Crippen LogP contribution is -2.58. The fraction of sp³-hybridized carbons (Fsp3) is 0.846. The van der Waals surface area contributed by atoms with Crippen LogP contribution >= 0.6 is 0 Å². The Balaban J connectivity index is 1.33. The molecular formula is C26H40N2O3. The molecule has 5 rings (SSSR count). The molecule has 0 saturated heterocycles. The minimum absolute atomic E-state index is 0.104. The number of aromatic nitrogens is 2. The van der Waals surface area contributed by atoms with E-state index >= 15 is 0 Å². The molecule has 1 aromatic heterocycles. The van der Waals surface area contributed by atoms with E-state index in [2.05, 4.69) is 23.8 Å². The van der Waals surface area contributed by atoms with Gasteiger partial charge in [0.15, 0.2) is 5.78 Å². The lowest BCUT2D eigenvalue weighted by Gasteiger charge is -2.64. The Morgan fingerprint density at radius 3 is 2.68 bits per heavy atom. The van der Waals surface area contributed by atoms with Crippen LogP contribution in [0.1, 0.15) is 85.0 Å². The van der Waals surface area contributed by atoms with Gasteiger partial charge in [0.1, 0.15) is 6.61 Å². The van der Waals surface area contributed by atoms with Crippen LogP contribution in [0.4, 0.5) is 0 Å². The van der Waals surface area contributed by atoms with Crippen molar-refractivity contribution in [1.82, 2.24) is 9.97 Å². The average Bonchev–Trinajstić information content (AvgIpc) is 3.25. The topological polar surface area (TPSA) is 75.2 Å². The van der Waals surface area contributed by atoms with Crippen LogP contribution in [0.5, 0.6) is 6.01 Å². The second-order valence-electron chi connectivity index (χ2n) is 12.0. The van der Waals surface area contributed by atoms with Crippen LogP contribution in [0.15, 0.2) is 12.4 Å². The molecule has 4 fully saturated rings. The van der Waals surface area contributed by atoms with Gasteiger partial charge in [-0.2, -0.15) is 0 Å². The number of fused-ring (bicyclic) bond motifs is 5. The molecule has 0 amide bonds. The van der Waals surface area contributed by atoms with Crippen LogP contribution in [-0.4, -0.2) is 33.1 Å². The molecule has 0 aliphatic heterocycles. The van der Waals surface area contributed by atoms with E-state index < -0.39 is 5.60 Å². The molecule has 1 heterocycles. The second kappa shape index (κ2) is 7.60. The van der Waals surface area contributed by atoms with Crippen molar-refractivity contribution in [1.29, 1.82) is 0 Å². The number of ketones is 1. The summed E-state index contributed by atoms with van der Waals surface area (Å²) in [6.07, 6.45) is 14.8. The van der Waals surface area contributed by atoms with Crippen molar-refractivity contribution in [3.05, 3.63) is 12.4 Å². The molecule has 172 valence electrons. The van der Waals surface area contributed by atoms with Gasteiger partial charge in [-0.3, -0.25) is 4.79 Å². The van der Waals surface area contributed by atoms with Gasteiger partial charge >= 0.3 is 0 Å². The molecule has 5 nitrogen and oxygen atoms in total. The average molecular weight is 429 g/mol. The van der Waals surface area contributed by atoms with Gasteiger partial charge < -0.3 is 14.8 Å². The van der Waals surface area contributed by atoms with Crippen molar-refractivity contribution in [2.75, 3.05) is 6.61 Å². The van der Waals surface area contributed by atoms with Crippen LogP contribution < -0.4 is 4.74 Å². The lowest BCUT2D eigenvalue weighted by atomic mass is 9.41.